The summed E-state index contributed by atoms with van der Waals surface area (Å²) >= 11 is 0. The molecule has 0 spiro atoms. The van der Waals surface area contributed by atoms with Crippen molar-refractivity contribution in [2.75, 3.05) is 6.61 Å². The van der Waals surface area contributed by atoms with Gasteiger partial charge in [-0.3, -0.25) is 10.1 Å². The summed E-state index contributed by atoms with van der Waals surface area (Å²) in [6, 6.07) is 5.47. The van der Waals surface area contributed by atoms with Crippen molar-refractivity contribution in [3.63, 3.8) is 0 Å². The van der Waals surface area contributed by atoms with E-state index in [-0.39, 0.29) is 18.9 Å². The molecule has 0 saturated carbocycles. The first-order valence-electron chi connectivity index (χ1n) is 6.14. The number of carbonyl (C=O) groups is 2. The summed E-state index contributed by atoms with van der Waals surface area (Å²) in [6.45, 7) is 2.44. The van der Waals surface area contributed by atoms with E-state index in [2.05, 4.69) is 4.74 Å². The van der Waals surface area contributed by atoms with Crippen LogP contribution >= 0.6 is 0 Å². The summed E-state index contributed by atoms with van der Waals surface area (Å²) in [5, 5.41) is 19.0. The number of carbonyl (C=O) groups excluding carboxylic acids is 1. The van der Waals surface area contributed by atoms with Gasteiger partial charge in [-0.15, -0.1) is 0 Å². The summed E-state index contributed by atoms with van der Waals surface area (Å²) in [5.74, 6) is 0. The third-order valence-corrected chi connectivity index (χ3v) is 2.41. The van der Waals surface area contributed by atoms with Gasteiger partial charge in [0.15, 0.2) is 0 Å². The molecule has 0 bridgehead atoms. The highest BCUT2D eigenvalue weighted by Gasteiger charge is 2.25. The van der Waals surface area contributed by atoms with Gasteiger partial charge in [-0.25, -0.2) is 9.59 Å². The highest BCUT2D eigenvalue weighted by Crippen LogP contribution is 2.13. The molecule has 0 saturated heterocycles. The van der Waals surface area contributed by atoms with Crippen LogP contribution in [0, 0.1) is 10.1 Å². The number of carboxylic acid groups (broad SMARTS) is 1. The topological polar surface area (TPSA) is 125 Å². The molecule has 0 amide bonds. The van der Waals surface area contributed by atoms with Crippen LogP contribution in [0.1, 0.15) is 19.4 Å². The van der Waals surface area contributed by atoms with Crippen LogP contribution in [0.15, 0.2) is 24.3 Å². The Hall–Kier alpha value is -2.84. The number of non-ortho nitro benzene ring substituents is 1. The summed E-state index contributed by atoms with van der Waals surface area (Å²) in [4.78, 5) is 31.7. The van der Waals surface area contributed by atoms with Gasteiger partial charge >= 0.3 is 12.3 Å². The molecule has 0 atom stereocenters. The van der Waals surface area contributed by atoms with E-state index in [4.69, 9.17) is 14.6 Å². The van der Waals surface area contributed by atoms with Gasteiger partial charge in [0.1, 0.15) is 18.8 Å². The van der Waals surface area contributed by atoms with Gasteiger partial charge in [-0.05, 0) is 31.5 Å². The van der Waals surface area contributed by atoms with Crippen molar-refractivity contribution in [1.82, 2.24) is 0 Å². The van der Waals surface area contributed by atoms with E-state index in [9.17, 15) is 19.7 Å². The average Bonchev–Trinajstić information content (AvgIpc) is 2.42. The molecule has 1 aromatic rings. The zero-order chi connectivity index (χ0) is 16.8. The van der Waals surface area contributed by atoms with Gasteiger partial charge in [0.25, 0.3) is 5.69 Å². The van der Waals surface area contributed by atoms with Crippen molar-refractivity contribution in [3.05, 3.63) is 39.9 Å². The van der Waals surface area contributed by atoms with E-state index >= 15 is 0 Å². The maximum Gasteiger partial charge on any atom is 0.508 e. The van der Waals surface area contributed by atoms with Crippen molar-refractivity contribution in [2.24, 2.45) is 0 Å². The molecule has 9 heteroatoms. The van der Waals surface area contributed by atoms with Crippen molar-refractivity contribution in [2.45, 2.75) is 26.1 Å². The molecule has 0 radical (unpaired) electrons. The van der Waals surface area contributed by atoms with Crippen molar-refractivity contribution in [1.29, 1.82) is 0 Å². The van der Waals surface area contributed by atoms with E-state index in [1.54, 1.807) is 0 Å². The summed E-state index contributed by atoms with van der Waals surface area (Å²) in [6.07, 6.45) is -2.48. The molecular formula is C13H15NO8. The molecule has 0 aliphatic carbocycles. The van der Waals surface area contributed by atoms with Crippen molar-refractivity contribution >= 4 is 18.0 Å². The lowest BCUT2D eigenvalue weighted by Crippen LogP contribution is -2.34. The SMILES string of the molecule is CC(C)(COC(=O)OCc1ccc([N+](=O)[O-])cc1)OC(=O)O. The lowest BCUT2D eigenvalue weighted by Gasteiger charge is -2.22. The van der Waals surface area contributed by atoms with Gasteiger partial charge in [-0.1, -0.05) is 0 Å². The molecule has 0 unspecified atom stereocenters. The van der Waals surface area contributed by atoms with E-state index in [1.807, 2.05) is 0 Å². The Morgan fingerprint density at radius 1 is 1.23 bits per heavy atom. The van der Waals surface area contributed by atoms with Crippen LogP contribution in [0.2, 0.25) is 0 Å². The van der Waals surface area contributed by atoms with Crippen LogP contribution in [0.5, 0.6) is 0 Å². The van der Waals surface area contributed by atoms with Gasteiger partial charge in [0.2, 0.25) is 0 Å². The first-order valence-corrected chi connectivity index (χ1v) is 6.14. The maximum absolute atomic E-state index is 11.4. The van der Waals surface area contributed by atoms with Crippen LogP contribution in [-0.4, -0.2) is 34.5 Å². The Bertz CT molecular complexity index is 552. The van der Waals surface area contributed by atoms with Gasteiger partial charge in [-0.2, -0.15) is 0 Å². The molecule has 1 N–H and O–H groups in total. The number of nitro benzene ring substituents is 1. The fourth-order valence-electron chi connectivity index (χ4n) is 1.40. The maximum atomic E-state index is 11.4. The van der Waals surface area contributed by atoms with Crippen LogP contribution in [0.25, 0.3) is 0 Å². The van der Waals surface area contributed by atoms with Gasteiger partial charge in [0, 0.05) is 12.1 Å². The highest BCUT2D eigenvalue weighted by molar-refractivity contribution is 5.60. The summed E-state index contributed by atoms with van der Waals surface area (Å²) in [5.41, 5.74) is -0.722. The third-order valence-electron chi connectivity index (χ3n) is 2.41. The highest BCUT2D eigenvalue weighted by atomic mass is 16.7. The van der Waals surface area contributed by atoms with E-state index in [0.29, 0.717) is 5.56 Å². The molecule has 0 aliphatic rings. The van der Waals surface area contributed by atoms with E-state index in [1.165, 1.54) is 38.1 Å². The Balaban J connectivity index is 2.40. The number of hydrogen-bond acceptors (Lipinski definition) is 7. The van der Waals surface area contributed by atoms with Gasteiger partial charge < -0.3 is 19.3 Å². The Kier molecular flexibility index (Phi) is 5.67. The third kappa shape index (κ3) is 6.07. The lowest BCUT2D eigenvalue weighted by molar-refractivity contribution is -0.384. The number of hydrogen-bond donors (Lipinski definition) is 1. The number of benzene rings is 1. The number of ether oxygens (including phenoxy) is 3. The van der Waals surface area contributed by atoms with Crippen molar-refractivity contribution in [3.8, 4) is 0 Å². The lowest BCUT2D eigenvalue weighted by atomic mass is 10.1. The zero-order valence-corrected chi connectivity index (χ0v) is 12.0. The summed E-state index contributed by atoms with van der Waals surface area (Å²) < 4.78 is 14.0. The fraction of sp³-hybridized carbons (Fsp3) is 0.385. The van der Waals surface area contributed by atoms with Crippen molar-refractivity contribution < 1.29 is 33.8 Å². The molecule has 1 aromatic carbocycles. The number of nitrogens with zero attached hydrogens (tertiary/aromatic N) is 1. The van der Waals surface area contributed by atoms with E-state index in [0.717, 1.165) is 0 Å². The monoisotopic (exact) mass is 313 g/mol. The Morgan fingerprint density at radius 3 is 2.32 bits per heavy atom. The quantitative estimate of drug-likeness (QED) is 0.482. The minimum absolute atomic E-state index is 0.0705. The molecular weight excluding hydrogens is 298 g/mol. The molecule has 0 fully saturated rings. The fourth-order valence-corrected chi connectivity index (χ4v) is 1.40. The van der Waals surface area contributed by atoms with Crippen LogP contribution < -0.4 is 0 Å². The van der Waals surface area contributed by atoms with Gasteiger partial charge in [0.05, 0.1) is 4.92 Å². The molecule has 22 heavy (non-hydrogen) atoms. The second-order valence-electron chi connectivity index (χ2n) is 4.88. The molecule has 1 rings (SSSR count). The van der Waals surface area contributed by atoms with Crippen LogP contribution in [0.3, 0.4) is 0 Å². The molecule has 120 valence electrons. The second kappa shape index (κ2) is 7.25. The Morgan fingerprint density at radius 2 is 1.82 bits per heavy atom. The molecule has 0 aromatic heterocycles. The molecule has 0 heterocycles. The van der Waals surface area contributed by atoms with Crippen LogP contribution in [0.4, 0.5) is 15.3 Å². The number of rotatable bonds is 6. The largest absolute Gasteiger partial charge is 0.508 e. The summed E-state index contributed by atoms with van der Waals surface area (Å²) in [7, 11) is 0. The predicted molar refractivity (Wildman–Crippen MR) is 72.4 cm³/mol. The molecule has 9 nitrogen and oxygen atoms in total. The standard InChI is InChI=1S/C13H15NO8/c1-13(2,22-11(15)16)8-21-12(17)20-7-9-3-5-10(6-4-9)14(18)19/h3-6H,7-8H2,1-2H3,(H,15,16). The van der Waals surface area contributed by atoms with Crippen LogP contribution in [-0.2, 0) is 20.8 Å². The zero-order valence-electron chi connectivity index (χ0n) is 12.0. The second-order valence-corrected chi connectivity index (χ2v) is 4.88. The molecule has 0 aliphatic heterocycles. The minimum Gasteiger partial charge on any atom is -0.450 e. The predicted octanol–water partition coefficient (Wildman–Crippen LogP) is 2.72. The normalized spacial score (nSPS) is 10.6. The first kappa shape index (κ1) is 17.2. The van der Waals surface area contributed by atoms with E-state index < -0.39 is 22.8 Å². The Labute approximate surface area is 125 Å². The first-order chi connectivity index (χ1) is 10.2. The minimum atomic E-state index is -1.48. The average molecular weight is 313 g/mol. The number of nitro groups is 1. The smallest absolute Gasteiger partial charge is 0.450 e.